The van der Waals surface area contributed by atoms with Crippen LogP contribution in [0.4, 0.5) is 0 Å². The zero-order valence-electron chi connectivity index (χ0n) is 20.3. The summed E-state index contributed by atoms with van der Waals surface area (Å²) in [7, 11) is 0. The number of aliphatic hydroxyl groups is 3. The molecule has 6 nitrogen and oxygen atoms in total. The molecule has 0 aliphatic carbocycles. The maximum absolute atomic E-state index is 10.5. The van der Waals surface area contributed by atoms with Crippen LogP contribution in [0.3, 0.4) is 0 Å². The predicted octanol–water partition coefficient (Wildman–Crippen LogP) is 4.96. The number of hydrogen-bond donors (Lipinski definition) is 3. The van der Waals surface area contributed by atoms with Crippen molar-refractivity contribution in [1.29, 1.82) is 0 Å². The Labute approximate surface area is 195 Å². The molecule has 0 saturated carbocycles. The van der Waals surface area contributed by atoms with E-state index in [4.69, 9.17) is 14.2 Å². The molecule has 3 rings (SSSR count). The average molecular weight is 457 g/mol. The zero-order chi connectivity index (χ0) is 22.8. The van der Waals surface area contributed by atoms with E-state index in [1.807, 2.05) is 0 Å². The molecular formula is C26H48O6. The molecule has 32 heavy (non-hydrogen) atoms. The number of aliphatic hydroxyl groups excluding tert-OH is 3. The van der Waals surface area contributed by atoms with Crippen molar-refractivity contribution in [3.8, 4) is 0 Å². The molecule has 3 fully saturated rings. The van der Waals surface area contributed by atoms with Gasteiger partial charge in [-0.2, -0.15) is 0 Å². The van der Waals surface area contributed by atoms with Gasteiger partial charge in [-0.05, 0) is 25.7 Å². The van der Waals surface area contributed by atoms with Crippen LogP contribution in [0.5, 0.6) is 0 Å². The molecule has 6 unspecified atom stereocenters. The molecular weight excluding hydrogens is 408 g/mol. The Kier molecular flexibility index (Phi) is 11.2. The standard InChI is InChI=1S/C26H48O6/c1-2-3-4-5-6-7-8-9-10-11-12-13-20(27)16-22-17-21(28)18-26(31-22)19-24-23(32-26)14-15-25(29)30-24/h20-25,27-29H,2-19H2,1H3/t20?,21?,22?,23?,24?,25?,26-/m0/s1. The van der Waals surface area contributed by atoms with E-state index in [0.717, 1.165) is 19.3 Å². The summed E-state index contributed by atoms with van der Waals surface area (Å²) in [6, 6.07) is 0. The third-order valence-electron chi connectivity index (χ3n) is 7.46. The van der Waals surface area contributed by atoms with Crippen molar-refractivity contribution in [2.75, 3.05) is 0 Å². The van der Waals surface area contributed by atoms with E-state index >= 15 is 0 Å². The van der Waals surface area contributed by atoms with Crippen LogP contribution in [0.1, 0.15) is 122 Å². The molecule has 188 valence electrons. The molecule has 0 aromatic carbocycles. The summed E-state index contributed by atoms with van der Waals surface area (Å²) in [5.74, 6) is -0.835. The molecule has 3 saturated heterocycles. The fourth-order valence-corrected chi connectivity index (χ4v) is 5.76. The second kappa shape index (κ2) is 13.6. The van der Waals surface area contributed by atoms with Crippen molar-refractivity contribution >= 4 is 0 Å². The van der Waals surface area contributed by atoms with E-state index in [0.29, 0.717) is 32.1 Å². The summed E-state index contributed by atoms with van der Waals surface area (Å²) in [4.78, 5) is 0. The van der Waals surface area contributed by atoms with Crippen LogP contribution in [0.15, 0.2) is 0 Å². The largest absolute Gasteiger partial charge is 0.393 e. The highest BCUT2D eigenvalue weighted by Crippen LogP contribution is 2.45. The highest BCUT2D eigenvalue weighted by Gasteiger charge is 2.54. The van der Waals surface area contributed by atoms with Crippen molar-refractivity contribution in [3.05, 3.63) is 0 Å². The molecule has 3 heterocycles. The Bertz CT molecular complexity index is 517. The predicted molar refractivity (Wildman–Crippen MR) is 124 cm³/mol. The first-order valence-electron chi connectivity index (χ1n) is 13.5. The summed E-state index contributed by atoms with van der Waals surface area (Å²) >= 11 is 0. The summed E-state index contributed by atoms with van der Waals surface area (Å²) < 4.78 is 18.1. The van der Waals surface area contributed by atoms with Gasteiger partial charge in [0.2, 0.25) is 0 Å². The monoisotopic (exact) mass is 456 g/mol. The molecule has 0 radical (unpaired) electrons. The minimum absolute atomic E-state index is 0.0781. The van der Waals surface area contributed by atoms with Crippen molar-refractivity contribution in [1.82, 2.24) is 0 Å². The summed E-state index contributed by atoms with van der Waals surface area (Å²) in [6.45, 7) is 2.26. The van der Waals surface area contributed by atoms with E-state index in [2.05, 4.69) is 6.92 Å². The minimum atomic E-state index is -0.835. The van der Waals surface area contributed by atoms with Crippen LogP contribution in [0, 0.1) is 0 Å². The Hall–Kier alpha value is -0.240. The first-order valence-corrected chi connectivity index (χ1v) is 13.5. The number of hydrogen-bond acceptors (Lipinski definition) is 6. The van der Waals surface area contributed by atoms with Gasteiger partial charge in [-0.15, -0.1) is 0 Å². The lowest BCUT2D eigenvalue weighted by molar-refractivity contribution is -0.291. The van der Waals surface area contributed by atoms with Crippen LogP contribution in [0.2, 0.25) is 0 Å². The van der Waals surface area contributed by atoms with E-state index in [1.165, 1.54) is 64.2 Å². The number of fused-ring (bicyclic) bond motifs is 1. The van der Waals surface area contributed by atoms with Gasteiger partial charge < -0.3 is 29.5 Å². The van der Waals surface area contributed by atoms with Gasteiger partial charge >= 0.3 is 0 Å². The number of rotatable bonds is 14. The number of unbranched alkanes of at least 4 members (excludes halogenated alkanes) is 10. The molecule has 6 heteroatoms. The SMILES string of the molecule is CCCCCCCCCCCCCC(O)CC1CC(O)C[C@]2(CC3OC(O)CCC3O2)O1. The van der Waals surface area contributed by atoms with E-state index in [-0.39, 0.29) is 18.3 Å². The highest BCUT2D eigenvalue weighted by molar-refractivity contribution is 4.96. The van der Waals surface area contributed by atoms with Crippen LogP contribution >= 0.6 is 0 Å². The van der Waals surface area contributed by atoms with E-state index in [9.17, 15) is 15.3 Å². The second-order valence-electron chi connectivity index (χ2n) is 10.5. The first-order chi connectivity index (χ1) is 15.5. The fourth-order valence-electron chi connectivity index (χ4n) is 5.76. The molecule has 0 bridgehead atoms. The molecule has 0 aromatic heterocycles. The maximum Gasteiger partial charge on any atom is 0.174 e. The van der Waals surface area contributed by atoms with Gasteiger partial charge in [0.05, 0.1) is 30.5 Å². The van der Waals surface area contributed by atoms with Crippen LogP contribution in [-0.2, 0) is 14.2 Å². The Morgan fingerprint density at radius 1 is 0.812 bits per heavy atom. The zero-order valence-corrected chi connectivity index (χ0v) is 20.3. The lowest BCUT2D eigenvalue weighted by Crippen LogP contribution is -2.47. The number of ether oxygens (including phenoxy) is 3. The minimum Gasteiger partial charge on any atom is -0.393 e. The van der Waals surface area contributed by atoms with Gasteiger partial charge in [0.25, 0.3) is 0 Å². The Morgan fingerprint density at radius 2 is 1.47 bits per heavy atom. The van der Waals surface area contributed by atoms with Crippen molar-refractivity contribution in [3.63, 3.8) is 0 Å². The molecule has 1 spiro atoms. The van der Waals surface area contributed by atoms with Gasteiger partial charge in [0.1, 0.15) is 0 Å². The lowest BCUT2D eigenvalue weighted by atomic mass is 9.91. The van der Waals surface area contributed by atoms with Crippen LogP contribution in [0.25, 0.3) is 0 Å². The van der Waals surface area contributed by atoms with Gasteiger partial charge in [-0.3, -0.25) is 0 Å². The molecule has 7 atom stereocenters. The summed E-state index contributed by atoms with van der Waals surface area (Å²) in [5.41, 5.74) is 0. The Balaban J connectivity index is 1.27. The van der Waals surface area contributed by atoms with E-state index in [1.54, 1.807) is 0 Å². The third kappa shape index (κ3) is 8.52. The third-order valence-corrected chi connectivity index (χ3v) is 7.46. The normalized spacial score (nSPS) is 35.8. The highest BCUT2D eigenvalue weighted by atomic mass is 16.7. The van der Waals surface area contributed by atoms with Crippen LogP contribution < -0.4 is 0 Å². The molecule has 0 aromatic rings. The van der Waals surface area contributed by atoms with Gasteiger partial charge in [-0.1, -0.05) is 77.6 Å². The summed E-state index contributed by atoms with van der Waals surface area (Å²) in [5, 5.41) is 30.8. The molecule has 0 amide bonds. The van der Waals surface area contributed by atoms with E-state index < -0.39 is 24.3 Å². The first kappa shape index (κ1) is 26.4. The van der Waals surface area contributed by atoms with Gasteiger partial charge in [0.15, 0.2) is 12.1 Å². The fraction of sp³-hybridized carbons (Fsp3) is 1.00. The molecule has 3 N–H and O–H groups in total. The summed E-state index contributed by atoms with van der Waals surface area (Å²) in [6.07, 6.45) is 16.4. The van der Waals surface area contributed by atoms with Crippen molar-refractivity contribution in [2.45, 2.75) is 165 Å². The van der Waals surface area contributed by atoms with Crippen LogP contribution in [-0.4, -0.2) is 57.9 Å². The maximum atomic E-state index is 10.5. The quantitative estimate of drug-likeness (QED) is 0.320. The average Bonchev–Trinajstić information content (AvgIpc) is 3.07. The van der Waals surface area contributed by atoms with Crippen molar-refractivity contribution in [2.24, 2.45) is 0 Å². The van der Waals surface area contributed by atoms with Gasteiger partial charge in [0, 0.05) is 19.3 Å². The Morgan fingerprint density at radius 3 is 2.16 bits per heavy atom. The lowest BCUT2D eigenvalue weighted by Gasteiger charge is -2.41. The second-order valence-corrected chi connectivity index (χ2v) is 10.5. The topological polar surface area (TPSA) is 88.4 Å². The van der Waals surface area contributed by atoms with Gasteiger partial charge in [-0.25, -0.2) is 0 Å². The molecule has 3 aliphatic rings. The molecule has 3 aliphatic heterocycles. The van der Waals surface area contributed by atoms with Crippen molar-refractivity contribution < 1.29 is 29.5 Å². The smallest absolute Gasteiger partial charge is 0.174 e.